The molecule has 1 aliphatic rings. The number of rotatable bonds is 6. The maximum Gasteiger partial charge on any atom is 0.228 e. The first-order valence-corrected chi connectivity index (χ1v) is 7.76. The molecule has 0 aliphatic carbocycles. The summed E-state index contributed by atoms with van der Waals surface area (Å²) in [6.45, 7) is 3.59. The van der Waals surface area contributed by atoms with Gasteiger partial charge in [0.25, 0.3) is 0 Å². The Kier molecular flexibility index (Phi) is 5.95. The fourth-order valence-corrected chi connectivity index (χ4v) is 2.88. The molecule has 1 saturated heterocycles. The number of ether oxygens (including phenoxy) is 1. The van der Waals surface area contributed by atoms with Gasteiger partial charge in [-0.25, -0.2) is 0 Å². The molecule has 5 nitrogen and oxygen atoms in total. The number of nitrogens with zero attached hydrogens (tertiary/aromatic N) is 1. The quantitative estimate of drug-likeness (QED) is 0.868. The Labute approximate surface area is 131 Å². The molecule has 2 amide bonds. The summed E-state index contributed by atoms with van der Waals surface area (Å²) in [4.78, 5) is 26.2. The Morgan fingerprint density at radius 1 is 1.36 bits per heavy atom. The van der Waals surface area contributed by atoms with Gasteiger partial charge in [-0.3, -0.25) is 9.59 Å². The van der Waals surface area contributed by atoms with E-state index in [4.69, 9.17) is 4.74 Å². The SMILES string of the molecule is CCN(Cc1ccccc1)C(=O)[C@@H]1CCC(=O)N[C@@H]1COC. The summed E-state index contributed by atoms with van der Waals surface area (Å²) in [5.74, 6) is -0.119. The molecule has 0 unspecified atom stereocenters. The molecule has 1 aliphatic heterocycles. The van der Waals surface area contributed by atoms with Crippen LogP contribution in [-0.4, -0.2) is 43.0 Å². The number of nitrogens with one attached hydrogen (secondary N) is 1. The van der Waals surface area contributed by atoms with Gasteiger partial charge in [-0.2, -0.15) is 0 Å². The summed E-state index contributed by atoms with van der Waals surface area (Å²) in [5.41, 5.74) is 1.11. The van der Waals surface area contributed by atoms with Gasteiger partial charge >= 0.3 is 0 Å². The smallest absolute Gasteiger partial charge is 0.228 e. The Bertz CT molecular complexity index is 504. The third kappa shape index (κ3) is 4.07. The molecule has 0 saturated carbocycles. The van der Waals surface area contributed by atoms with Crippen LogP contribution >= 0.6 is 0 Å². The topological polar surface area (TPSA) is 58.6 Å². The minimum Gasteiger partial charge on any atom is -0.383 e. The molecule has 0 bridgehead atoms. The maximum absolute atomic E-state index is 12.8. The minimum absolute atomic E-state index is 0.00259. The second-order valence-electron chi connectivity index (χ2n) is 5.61. The Balaban J connectivity index is 2.07. The van der Waals surface area contributed by atoms with Crippen LogP contribution in [-0.2, 0) is 20.9 Å². The first-order valence-electron chi connectivity index (χ1n) is 7.76. The van der Waals surface area contributed by atoms with Crippen molar-refractivity contribution < 1.29 is 14.3 Å². The average Bonchev–Trinajstić information content (AvgIpc) is 2.53. The molecular formula is C17H24N2O3. The van der Waals surface area contributed by atoms with Gasteiger partial charge in [0.15, 0.2) is 0 Å². The standard InChI is InChI=1S/C17H24N2O3/c1-3-19(11-13-7-5-4-6-8-13)17(21)14-9-10-16(20)18-15(14)12-22-2/h4-8,14-15H,3,9-12H2,1-2H3,(H,18,20)/t14-,15-/m1/s1. The highest BCUT2D eigenvalue weighted by Crippen LogP contribution is 2.21. The van der Waals surface area contributed by atoms with Crippen LogP contribution in [0.1, 0.15) is 25.3 Å². The van der Waals surface area contributed by atoms with Gasteiger partial charge in [0.1, 0.15) is 0 Å². The molecule has 1 fully saturated rings. The molecule has 1 aromatic rings. The monoisotopic (exact) mass is 304 g/mol. The molecular weight excluding hydrogens is 280 g/mol. The highest BCUT2D eigenvalue weighted by atomic mass is 16.5. The second kappa shape index (κ2) is 7.94. The van der Waals surface area contributed by atoms with Crippen molar-refractivity contribution in [1.82, 2.24) is 10.2 Å². The summed E-state index contributed by atoms with van der Waals surface area (Å²) in [6.07, 6.45) is 0.990. The normalized spacial score (nSPS) is 21.3. The van der Waals surface area contributed by atoms with Crippen LogP contribution in [0.4, 0.5) is 0 Å². The van der Waals surface area contributed by atoms with E-state index in [0.29, 0.717) is 32.5 Å². The van der Waals surface area contributed by atoms with Crippen molar-refractivity contribution in [2.75, 3.05) is 20.3 Å². The van der Waals surface area contributed by atoms with Gasteiger partial charge in [0.05, 0.1) is 18.6 Å². The fourth-order valence-electron chi connectivity index (χ4n) is 2.88. The number of benzene rings is 1. The van der Waals surface area contributed by atoms with Gasteiger partial charge < -0.3 is 15.0 Å². The number of amides is 2. The van der Waals surface area contributed by atoms with Crippen LogP contribution in [0.2, 0.25) is 0 Å². The van der Waals surface area contributed by atoms with Crippen LogP contribution in [0.15, 0.2) is 30.3 Å². The largest absolute Gasteiger partial charge is 0.383 e. The van der Waals surface area contributed by atoms with E-state index in [-0.39, 0.29) is 23.8 Å². The average molecular weight is 304 g/mol. The molecule has 1 N–H and O–H groups in total. The molecule has 0 aromatic heterocycles. The summed E-state index contributed by atoms with van der Waals surface area (Å²) >= 11 is 0. The number of methoxy groups -OCH3 is 1. The maximum atomic E-state index is 12.8. The van der Waals surface area contributed by atoms with Crippen molar-refractivity contribution in [1.29, 1.82) is 0 Å². The zero-order chi connectivity index (χ0) is 15.9. The zero-order valence-corrected chi connectivity index (χ0v) is 13.2. The summed E-state index contributed by atoms with van der Waals surface area (Å²) in [7, 11) is 1.59. The van der Waals surface area contributed by atoms with E-state index in [2.05, 4.69) is 5.32 Å². The van der Waals surface area contributed by atoms with Crippen molar-refractivity contribution >= 4 is 11.8 Å². The molecule has 2 rings (SSSR count). The Morgan fingerprint density at radius 2 is 2.09 bits per heavy atom. The lowest BCUT2D eigenvalue weighted by molar-refractivity contribution is -0.140. The van der Waals surface area contributed by atoms with Crippen molar-refractivity contribution in [3.05, 3.63) is 35.9 Å². The van der Waals surface area contributed by atoms with Crippen LogP contribution < -0.4 is 5.32 Å². The van der Waals surface area contributed by atoms with Gasteiger partial charge in [-0.1, -0.05) is 30.3 Å². The molecule has 5 heteroatoms. The van der Waals surface area contributed by atoms with Crippen molar-refractivity contribution in [2.45, 2.75) is 32.4 Å². The lowest BCUT2D eigenvalue weighted by atomic mass is 9.89. The van der Waals surface area contributed by atoms with Gasteiger partial charge in [-0.05, 0) is 18.9 Å². The third-order valence-corrected chi connectivity index (χ3v) is 4.09. The van der Waals surface area contributed by atoms with Crippen molar-refractivity contribution in [3.63, 3.8) is 0 Å². The van der Waals surface area contributed by atoms with Crippen molar-refractivity contribution in [2.24, 2.45) is 5.92 Å². The van der Waals surface area contributed by atoms with Crippen molar-refractivity contribution in [3.8, 4) is 0 Å². The first-order chi connectivity index (χ1) is 10.7. The van der Waals surface area contributed by atoms with E-state index < -0.39 is 0 Å². The van der Waals surface area contributed by atoms with E-state index in [1.54, 1.807) is 7.11 Å². The van der Waals surface area contributed by atoms with E-state index in [1.807, 2.05) is 42.2 Å². The number of carbonyl (C=O) groups is 2. The lowest BCUT2D eigenvalue weighted by Gasteiger charge is -2.34. The highest BCUT2D eigenvalue weighted by Gasteiger charge is 2.35. The number of piperidine rings is 1. The van der Waals surface area contributed by atoms with Gasteiger partial charge in [0, 0.05) is 26.6 Å². The van der Waals surface area contributed by atoms with Gasteiger partial charge in [-0.15, -0.1) is 0 Å². The fraction of sp³-hybridized carbons (Fsp3) is 0.529. The Morgan fingerprint density at radius 3 is 2.73 bits per heavy atom. The van der Waals surface area contributed by atoms with E-state index in [1.165, 1.54) is 0 Å². The number of carbonyl (C=O) groups excluding carboxylic acids is 2. The summed E-state index contributed by atoms with van der Waals surface area (Å²) < 4.78 is 5.16. The minimum atomic E-state index is -0.233. The van der Waals surface area contributed by atoms with Crippen LogP contribution in [0.3, 0.4) is 0 Å². The first kappa shape index (κ1) is 16.5. The molecule has 1 aromatic carbocycles. The lowest BCUT2D eigenvalue weighted by Crippen LogP contribution is -2.53. The van der Waals surface area contributed by atoms with Gasteiger partial charge in [0.2, 0.25) is 11.8 Å². The molecule has 22 heavy (non-hydrogen) atoms. The summed E-state index contributed by atoms with van der Waals surface area (Å²) in [5, 5.41) is 2.88. The molecule has 0 spiro atoms. The number of hydrogen-bond donors (Lipinski definition) is 1. The summed E-state index contributed by atoms with van der Waals surface area (Å²) in [6, 6.07) is 9.72. The molecule has 1 heterocycles. The predicted molar refractivity (Wildman–Crippen MR) is 84.1 cm³/mol. The Hall–Kier alpha value is -1.88. The predicted octanol–water partition coefficient (Wildman–Crippen LogP) is 1.58. The highest BCUT2D eigenvalue weighted by molar-refractivity contribution is 5.84. The second-order valence-corrected chi connectivity index (χ2v) is 5.61. The van der Waals surface area contributed by atoms with Crippen LogP contribution in [0.5, 0.6) is 0 Å². The molecule has 120 valence electrons. The van der Waals surface area contributed by atoms with E-state index >= 15 is 0 Å². The van der Waals surface area contributed by atoms with E-state index in [9.17, 15) is 9.59 Å². The molecule has 0 radical (unpaired) electrons. The van der Waals surface area contributed by atoms with Crippen LogP contribution in [0, 0.1) is 5.92 Å². The zero-order valence-electron chi connectivity index (χ0n) is 13.2. The molecule has 2 atom stereocenters. The third-order valence-electron chi connectivity index (χ3n) is 4.09. The van der Waals surface area contributed by atoms with Crippen LogP contribution in [0.25, 0.3) is 0 Å². The number of hydrogen-bond acceptors (Lipinski definition) is 3. The van der Waals surface area contributed by atoms with E-state index in [0.717, 1.165) is 5.56 Å².